The summed E-state index contributed by atoms with van der Waals surface area (Å²) in [6.45, 7) is 2.20. The van der Waals surface area contributed by atoms with Crippen LogP contribution in [0.5, 0.6) is 0 Å². The van der Waals surface area contributed by atoms with Crippen molar-refractivity contribution in [2.75, 3.05) is 19.8 Å². The van der Waals surface area contributed by atoms with Crippen LogP contribution in [0.1, 0.15) is 24.1 Å². The van der Waals surface area contributed by atoms with E-state index >= 15 is 0 Å². The number of rotatable bonds is 9. The lowest BCUT2D eigenvalue weighted by atomic mass is 10.4. The molecule has 3 N–H and O–H groups in total. The van der Waals surface area contributed by atoms with E-state index in [1.807, 2.05) is 0 Å². The van der Waals surface area contributed by atoms with Crippen molar-refractivity contribution >= 4 is 21.4 Å². The zero-order valence-corrected chi connectivity index (χ0v) is 12.4. The molecule has 1 fully saturated rings. The smallest absolute Gasteiger partial charge is 0.241 e. The van der Waals surface area contributed by atoms with Gasteiger partial charge in [0.15, 0.2) is 0 Å². The molecule has 0 amide bonds. The fourth-order valence-corrected chi connectivity index (χ4v) is 3.84. The van der Waals surface area contributed by atoms with Crippen LogP contribution in [0.15, 0.2) is 16.3 Å². The van der Waals surface area contributed by atoms with E-state index in [0.29, 0.717) is 31.0 Å². The van der Waals surface area contributed by atoms with Crippen LogP contribution >= 0.6 is 11.3 Å². The van der Waals surface area contributed by atoms with Crippen molar-refractivity contribution in [3.63, 3.8) is 0 Å². The summed E-state index contributed by atoms with van der Waals surface area (Å²) in [7, 11) is -3.39. The number of hydrogen-bond donors (Lipinski definition) is 2. The minimum absolute atomic E-state index is 0.303. The summed E-state index contributed by atoms with van der Waals surface area (Å²) in [5, 5.41) is 1.62. The Hall–Kier alpha value is -0.470. The highest BCUT2D eigenvalue weighted by atomic mass is 32.2. The normalized spacial score (nSPS) is 15.8. The molecular formula is C12H20N2O3S2. The van der Waals surface area contributed by atoms with Gasteiger partial charge in [-0.2, -0.15) is 0 Å². The maximum absolute atomic E-state index is 11.9. The fraction of sp³-hybridized carbons (Fsp3) is 0.667. The molecule has 2 rings (SSSR count). The molecule has 1 saturated carbocycles. The number of hydrogen-bond acceptors (Lipinski definition) is 5. The molecule has 0 radical (unpaired) electrons. The van der Waals surface area contributed by atoms with Gasteiger partial charge < -0.3 is 10.5 Å². The molecule has 1 aliphatic rings. The van der Waals surface area contributed by atoms with Crippen molar-refractivity contribution in [1.29, 1.82) is 0 Å². The lowest BCUT2D eigenvalue weighted by Crippen LogP contribution is -2.25. The largest absolute Gasteiger partial charge is 0.381 e. The maximum Gasteiger partial charge on any atom is 0.241 e. The monoisotopic (exact) mass is 304 g/mol. The highest BCUT2D eigenvalue weighted by Gasteiger charge is 2.21. The number of thiophene rings is 1. The Bertz CT molecular complexity index is 495. The topological polar surface area (TPSA) is 81.4 Å². The van der Waals surface area contributed by atoms with Crippen LogP contribution in [-0.2, 0) is 21.3 Å². The summed E-state index contributed by atoms with van der Waals surface area (Å²) in [5.74, 6) is 0.747. The van der Waals surface area contributed by atoms with Gasteiger partial charge in [-0.1, -0.05) is 0 Å². The first-order chi connectivity index (χ1) is 9.12. The predicted molar refractivity (Wildman–Crippen MR) is 75.6 cm³/mol. The zero-order chi connectivity index (χ0) is 13.7. The van der Waals surface area contributed by atoms with Gasteiger partial charge in [-0.25, -0.2) is 13.1 Å². The molecule has 108 valence electrons. The van der Waals surface area contributed by atoms with Gasteiger partial charge in [-0.05, 0) is 31.2 Å². The molecule has 0 unspecified atom stereocenters. The van der Waals surface area contributed by atoms with Crippen molar-refractivity contribution in [2.45, 2.75) is 30.7 Å². The van der Waals surface area contributed by atoms with Crippen molar-refractivity contribution in [1.82, 2.24) is 4.72 Å². The van der Waals surface area contributed by atoms with E-state index in [4.69, 9.17) is 10.5 Å². The predicted octanol–water partition coefficient (Wildman–Crippen LogP) is 1.30. The summed E-state index contributed by atoms with van der Waals surface area (Å²) in [6, 6.07) is 1.62. The Kier molecular flexibility index (Phi) is 5.35. The Labute approximate surface area is 118 Å². The van der Waals surface area contributed by atoms with Crippen LogP contribution in [-0.4, -0.2) is 28.2 Å². The van der Waals surface area contributed by atoms with Gasteiger partial charge in [0, 0.05) is 36.6 Å². The van der Waals surface area contributed by atoms with Gasteiger partial charge >= 0.3 is 0 Å². The average molecular weight is 304 g/mol. The Morgan fingerprint density at radius 1 is 1.47 bits per heavy atom. The number of nitrogens with one attached hydrogen (secondary N) is 1. The Morgan fingerprint density at radius 3 is 2.89 bits per heavy atom. The average Bonchev–Trinajstić information content (AvgIpc) is 3.07. The molecule has 0 atom stereocenters. The minimum Gasteiger partial charge on any atom is -0.381 e. The first-order valence-corrected chi connectivity index (χ1v) is 8.83. The second kappa shape index (κ2) is 6.81. The first-order valence-electron chi connectivity index (χ1n) is 6.46. The third kappa shape index (κ3) is 4.85. The van der Waals surface area contributed by atoms with Gasteiger partial charge in [-0.3, -0.25) is 0 Å². The lowest BCUT2D eigenvalue weighted by molar-refractivity contribution is 0.123. The van der Waals surface area contributed by atoms with Gasteiger partial charge in [0.25, 0.3) is 0 Å². The molecule has 1 aromatic rings. The van der Waals surface area contributed by atoms with E-state index in [0.717, 1.165) is 17.4 Å². The second-order valence-corrected chi connectivity index (χ2v) is 7.49. The quantitative estimate of drug-likeness (QED) is 0.674. The van der Waals surface area contributed by atoms with E-state index in [2.05, 4.69) is 4.72 Å². The summed E-state index contributed by atoms with van der Waals surface area (Å²) >= 11 is 1.37. The minimum atomic E-state index is -3.39. The molecule has 5 nitrogen and oxygen atoms in total. The molecule has 7 heteroatoms. The maximum atomic E-state index is 11.9. The van der Waals surface area contributed by atoms with Gasteiger partial charge in [-0.15, -0.1) is 11.3 Å². The molecule has 0 bridgehead atoms. The second-order valence-electron chi connectivity index (χ2n) is 4.72. The highest BCUT2D eigenvalue weighted by Crippen LogP contribution is 2.28. The van der Waals surface area contributed by atoms with E-state index in [1.165, 1.54) is 24.2 Å². The molecule has 0 spiro atoms. The lowest BCUT2D eigenvalue weighted by Gasteiger charge is -2.05. The van der Waals surface area contributed by atoms with E-state index in [-0.39, 0.29) is 0 Å². The van der Waals surface area contributed by atoms with Crippen LogP contribution in [0.25, 0.3) is 0 Å². The standard InChI is InChI=1S/C12H20N2O3S2/c13-7-11-6-12(9-18-11)19(15,16)14-4-1-5-17-8-10-2-3-10/h6,9-10,14H,1-5,7-8,13H2. The van der Waals surface area contributed by atoms with Crippen LogP contribution < -0.4 is 10.5 Å². The third-order valence-electron chi connectivity index (χ3n) is 2.95. The summed E-state index contributed by atoms with van der Waals surface area (Å²) in [6.07, 6.45) is 3.24. The van der Waals surface area contributed by atoms with Gasteiger partial charge in [0.1, 0.15) is 0 Å². The number of sulfonamides is 1. The molecule has 19 heavy (non-hydrogen) atoms. The van der Waals surface area contributed by atoms with Crippen molar-refractivity contribution < 1.29 is 13.2 Å². The number of ether oxygens (including phenoxy) is 1. The van der Waals surface area contributed by atoms with Crippen molar-refractivity contribution in [2.24, 2.45) is 11.7 Å². The van der Waals surface area contributed by atoms with Crippen LogP contribution in [0, 0.1) is 5.92 Å². The van der Waals surface area contributed by atoms with Crippen molar-refractivity contribution in [3.8, 4) is 0 Å². The summed E-state index contributed by atoms with van der Waals surface area (Å²) < 4.78 is 31.9. The first kappa shape index (κ1) is 14.9. The van der Waals surface area contributed by atoms with E-state index < -0.39 is 10.0 Å². The van der Waals surface area contributed by atoms with Crippen molar-refractivity contribution in [3.05, 3.63) is 16.3 Å². The molecule has 0 aliphatic heterocycles. The molecule has 1 aliphatic carbocycles. The molecule has 0 saturated heterocycles. The highest BCUT2D eigenvalue weighted by molar-refractivity contribution is 7.89. The third-order valence-corrected chi connectivity index (χ3v) is 5.50. The summed E-state index contributed by atoms with van der Waals surface area (Å²) in [5.41, 5.74) is 5.47. The fourth-order valence-electron chi connectivity index (χ4n) is 1.61. The Balaban J connectivity index is 1.67. The zero-order valence-electron chi connectivity index (χ0n) is 10.8. The van der Waals surface area contributed by atoms with Crippen LogP contribution in [0.3, 0.4) is 0 Å². The Morgan fingerprint density at radius 2 is 2.26 bits per heavy atom. The molecule has 1 aromatic heterocycles. The molecular weight excluding hydrogens is 284 g/mol. The van der Waals surface area contributed by atoms with E-state index in [1.54, 1.807) is 11.4 Å². The van der Waals surface area contributed by atoms with Gasteiger partial charge in [0.05, 0.1) is 4.90 Å². The molecule has 1 heterocycles. The number of nitrogens with two attached hydrogens (primary N) is 1. The van der Waals surface area contributed by atoms with E-state index in [9.17, 15) is 8.42 Å². The summed E-state index contributed by atoms with van der Waals surface area (Å²) in [4.78, 5) is 1.17. The van der Waals surface area contributed by atoms with Crippen LogP contribution in [0.2, 0.25) is 0 Å². The van der Waals surface area contributed by atoms with Crippen LogP contribution in [0.4, 0.5) is 0 Å². The SMILES string of the molecule is NCc1cc(S(=O)(=O)NCCCOCC2CC2)cs1. The van der Waals surface area contributed by atoms with Gasteiger partial charge in [0.2, 0.25) is 10.0 Å². The molecule has 0 aromatic carbocycles.